The summed E-state index contributed by atoms with van der Waals surface area (Å²) in [6, 6.07) is 22.2. The molecule has 4 rings (SSSR count). The van der Waals surface area contributed by atoms with Gasteiger partial charge in [-0.3, -0.25) is 14.2 Å². The first kappa shape index (κ1) is 22.2. The van der Waals surface area contributed by atoms with Crippen LogP contribution in [0.3, 0.4) is 0 Å². The molecule has 0 aliphatic heterocycles. The predicted molar refractivity (Wildman–Crippen MR) is 126 cm³/mol. The van der Waals surface area contributed by atoms with E-state index in [0.717, 1.165) is 4.57 Å². The average molecular weight is 444 g/mol. The summed E-state index contributed by atoms with van der Waals surface area (Å²) in [6.45, 7) is 1.68. The molecule has 1 aromatic heterocycles. The van der Waals surface area contributed by atoms with Crippen molar-refractivity contribution in [2.45, 2.75) is 26.0 Å². The van der Waals surface area contributed by atoms with Crippen LogP contribution in [-0.4, -0.2) is 32.7 Å². The molecule has 0 fully saturated rings. The van der Waals surface area contributed by atoms with E-state index in [0.29, 0.717) is 34.3 Å². The molecule has 0 aliphatic rings. The third-order valence-corrected chi connectivity index (χ3v) is 5.40. The Morgan fingerprint density at radius 2 is 1.61 bits per heavy atom. The van der Waals surface area contributed by atoms with E-state index in [1.807, 2.05) is 0 Å². The predicted octanol–water partition coefficient (Wildman–Crippen LogP) is 3.19. The van der Waals surface area contributed by atoms with Crippen LogP contribution in [0, 0.1) is 0 Å². The number of aliphatic hydroxyl groups is 1. The van der Waals surface area contributed by atoms with Crippen molar-refractivity contribution in [3.63, 3.8) is 0 Å². The lowest BCUT2D eigenvalue weighted by Gasteiger charge is -2.18. The standard InChI is InChI=1S/C26H24N2O5/c1-2-24(30)18-12-14-21(15-13-18)33-17-20(29)16-27-23-11-7-6-10-22(23)25(31)28(26(27)32)19-8-4-3-5-9-19/h3-15,20,29H,2,16-17H2,1H3/t20-/m1/s1. The van der Waals surface area contributed by atoms with Crippen LogP contribution in [0.5, 0.6) is 5.75 Å². The molecule has 7 heteroatoms. The van der Waals surface area contributed by atoms with E-state index in [2.05, 4.69) is 0 Å². The van der Waals surface area contributed by atoms with Crippen molar-refractivity contribution in [3.8, 4) is 11.4 Å². The molecule has 0 saturated heterocycles. The number of ketones is 1. The van der Waals surface area contributed by atoms with Crippen molar-refractivity contribution < 1.29 is 14.6 Å². The van der Waals surface area contributed by atoms with Crippen LogP contribution < -0.4 is 16.0 Å². The zero-order valence-electron chi connectivity index (χ0n) is 18.2. The molecule has 0 amide bonds. The van der Waals surface area contributed by atoms with Gasteiger partial charge in [-0.2, -0.15) is 0 Å². The lowest BCUT2D eigenvalue weighted by Crippen LogP contribution is -2.41. The first-order valence-electron chi connectivity index (χ1n) is 10.7. The van der Waals surface area contributed by atoms with E-state index in [4.69, 9.17) is 4.74 Å². The summed E-state index contributed by atoms with van der Waals surface area (Å²) in [5.41, 5.74) is 0.559. The number of fused-ring (bicyclic) bond motifs is 1. The number of aliphatic hydroxyl groups excluding tert-OH is 1. The molecule has 4 aromatic rings. The van der Waals surface area contributed by atoms with Crippen LogP contribution in [-0.2, 0) is 6.54 Å². The van der Waals surface area contributed by atoms with Gasteiger partial charge in [0.1, 0.15) is 18.5 Å². The van der Waals surface area contributed by atoms with Crippen LogP contribution >= 0.6 is 0 Å². The van der Waals surface area contributed by atoms with E-state index >= 15 is 0 Å². The minimum Gasteiger partial charge on any atom is -0.491 e. The molecule has 0 saturated carbocycles. The van der Waals surface area contributed by atoms with Crippen molar-refractivity contribution in [2.24, 2.45) is 0 Å². The SMILES string of the molecule is CCC(=O)c1ccc(OC[C@H](O)Cn2c(=O)n(-c3ccccc3)c(=O)c3ccccc32)cc1. The van der Waals surface area contributed by atoms with Crippen molar-refractivity contribution >= 4 is 16.7 Å². The summed E-state index contributed by atoms with van der Waals surface area (Å²) in [6.07, 6.45) is -0.586. The number of carbonyl (C=O) groups is 1. The Bertz CT molecular complexity index is 1390. The van der Waals surface area contributed by atoms with E-state index in [1.165, 1.54) is 4.57 Å². The molecular formula is C26H24N2O5. The van der Waals surface area contributed by atoms with Gasteiger partial charge in [0.2, 0.25) is 0 Å². The number of rotatable bonds is 8. The fraction of sp³-hybridized carbons (Fsp3) is 0.192. The summed E-state index contributed by atoms with van der Waals surface area (Å²) in [4.78, 5) is 38.1. The maximum absolute atomic E-state index is 13.3. The van der Waals surface area contributed by atoms with Crippen LogP contribution in [0.25, 0.3) is 16.6 Å². The minimum atomic E-state index is -1.01. The van der Waals surface area contributed by atoms with Crippen molar-refractivity contribution in [1.29, 1.82) is 0 Å². The van der Waals surface area contributed by atoms with E-state index in [1.54, 1.807) is 85.8 Å². The summed E-state index contributed by atoms with van der Waals surface area (Å²) in [5.74, 6) is 0.551. The first-order chi connectivity index (χ1) is 16.0. The lowest BCUT2D eigenvalue weighted by atomic mass is 10.1. The van der Waals surface area contributed by atoms with Gasteiger partial charge in [-0.25, -0.2) is 9.36 Å². The molecule has 1 N–H and O–H groups in total. The summed E-state index contributed by atoms with van der Waals surface area (Å²) in [7, 11) is 0. The van der Waals surface area contributed by atoms with Gasteiger partial charge in [0, 0.05) is 12.0 Å². The molecule has 0 unspecified atom stereocenters. The van der Waals surface area contributed by atoms with Crippen LogP contribution in [0.2, 0.25) is 0 Å². The quantitative estimate of drug-likeness (QED) is 0.422. The monoisotopic (exact) mass is 444 g/mol. The van der Waals surface area contributed by atoms with Crippen molar-refractivity contribution in [3.05, 3.63) is 105 Å². The molecule has 3 aromatic carbocycles. The Morgan fingerprint density at radius 3 is 2.30 bits per heavy atom. The molecule has 1 atom stereocenters. The second-order valence-electron chi connectivity index (χ2n) is 7.65. The highest BCUT2D eigenvalue weighted by Gasteiger charge is 2.17. The summed E-state index contributed by atoms with van der Waals surface area (Å²) < 4.78 is 8.15. The van der Waals surface area contributed by atoms with E-state index in [9.17, 15) is 19.5 Å². The Morgan fingerprint density at radius 1 is 0.939 bits per heavy atom. The highest BCUT2D eigenvalue weighted by Crippen LogP contribution is 2.15. The summed E-state index contributed by atoms with van der Waals surface area (Å²) in [5, 5.41) is 11.0. The van der Waals surface area contributed by atoms with Gasteiger partial charge in [-0.1, -0.05) is 37.3 Å². The van der Waals surface area contributed by atoms with E-state index < -0.39 is 17.4 Å². The van der Waals surface area contributed by atoms with Gasteiger partial charge >= 0.3 is 5.69 Å². The number of Topliss-reactive ketones (excluding diaryl/α,β-unsaturated/α-hetero) is 1. The third-order valence-electron chi connectivity index (χ3n) is 5.40. The van der Waals surface area contributed by atoms with E-state index in [-0.39, 0.29) is 18.9 Å². The Kier molecular flexibility index (Phi) is 6.51. The number of aromatic nitrogens is 2. The highest BCUT2D eigenvalue weighted by atomic mass is 16.5. The second-order valence-corrected chi connectivity index (χ2v) is 7.65. The zero-order chi connectivity index (χ0) is 23.4. The zero-order valence-corrected chi connectivity index (χ0v) is 18.2. The Labute approximate surface area is 190 Å². The third kappa shape index (κ3) is 4.63. The average Bonchev–Trinajstić information content (AvgIpc) is 2.86. The van der Waals surface area contributed by atoms with Gasteiger partial charge < -0.3 is 9.84 Å². The molecule has 1 heterocycles. The molecular weight excluding hydrogens is 420 g/mol. The van der Waals surface area contributed by atoms with Crippen LogP contribution in [0.1, 0.15) is 23.7 Å². The Hall–Kier alpha value is -3.97. The molecule has 0 spiro atoms. The molecule has 7 nitrogen and oxygen atoms in total. The van der Waals surface area contributed by atoms with Crippen molar-refractivity contribution in [1.82, 2.24) is 9.13 Å². The molecule has 0 aliphatic carbocycles. The largest absolute Gasteiger partial charge is 0.491 e. The normalized spacial score (nSPS) is 11.9. The number of ether oxygens (including phenoxy) is 1. The Balaban J connectivity index is 1.61. The topological polar surface area (TPSA) is 90.5 Å². The smallest absolute Gasteiger partial charge is 0.336 e. The van der Waals surface area contributed by atoms with Gasteiger partial charge in [0.15, 0.2) is 5.78 Å². The lowest BCUT2D eigenvalue weighted by molar-refractivity contribution is 0.0920. The molecule has 0 bridgehead atoms. The van der Waals surface area contributed by atoms with Crippen molar-refractivity contribution in [2.75, 3.05) is 6.61 Å². The van der Waals surface area contributed by atoms with Crippen LogP contribution in [0.15, 0.2) is 88.5 Å². The van der Waals surface area contributed by atoms with Gasteiger partial charge in [0.05, 0.1) is 23.1 Å². The summed E-state index contributed by atoms with van der Waals surface area (Å²) >= 11 is 0. The van der Waals surface area contributed by atoms with Gasteiger partial charge in [-0.15, -0.1) is 0 Å². The minimum absolute atomic E-state index is 0.0429. The molecule has 168 valence electrons. The highest BCUT2D eigenvalue weighted by molar-refractivity contribution is 5.95. The maximum atomic E-state index is 13.3. The fourth-order valence-electron chi connectivity index (χ4n) is 3.70. The number of carbonyl (C=O) groups excluding carboxylic acids is 1. The number of hydrogen-bond donors (Lipinski definition) is 1. The molecule has 0 radical (unpaired) electrons. The van der Waals surface area contributed by atoms with Crippen LogP contribution in [0.4, 0.5) is 0 Å². The first-order valence-corrected chi connectivity index (χ1v) is 10.7. The second kappa shape index (κ2) is 9.67. The molecule has 33 heavy (non-hydrogen) atoms. The van der Waals surface area contributed by atoms with Gasteiger partial charge in [0.25, 0.3) is 5.56 Å². The number of para-hydroxylation sites is 2. The number of hydrogen-bond acceptors (Lipinski definition) is 5. The fourth-order valence-corrected chi connectivity index (χ4v) is 3.70. The van der Waals surface area contributed by atoms with Gasteiger partial charge in [-0.05, 0) is 48.5 Å². The number of benzene rings is 3. The number of nitrogens with zero attached hydrogens (tertiary/aromatic N) is 2. The maximum Gasteiger partial charge on any atom is 0.336 e.